The molecule has 90 valence electrons. The average Bonchev–Trinajstić information content (AvgIpc) is 2.25. The molecule has 2 nitrogen and oxygen atoms in total. The number of halogens is 1. The summed E-state index contributed by atoms with van der Waals surface area (Å²) in [5.74, 6) is 0. The second-order valence-corrected chi connectivity index (χ2v) is 5.07. The Morgan fingerprint density at radius 2 is 2.12 bits per heavy atom. The van der Waals surface area contributed by atoms with Crippen LogP contribution < -0.4 is 4.90 Å². The molecule has 0 spiro atoms. The molecule has 1 rings (SSSR count). The van der Waals surface area contributed by atoms with Crippen molar-refractivity contribution in [3.05, 3.63) is 28.2 Å². The van der Waals surface area contributed by atoms with Gasteiger partial charge in [0, 0.05) is 29.3 Å². The fourth-order valence-corrected chi connectivity index (χ4v) is 2.10. The summed E-state index contributed by atoms with van der Waals surface area (Å²) in [6, 6.07) is 6.06. The molecule has 3 heteroatoms. The Morgan fingerprint density at radius 1 is 1.44 bits per heavy atom. The van der Waals surface area contributed by atoms with Gasteiger partial charge in [0.25, 0.3) is 0 Å². The molecule has 0 saturated heterocycles. The Balaban J connectivity index is 2.93. The standard InChI is InChI=1S/C13H20BrNO/c1-4-5-8-15(3)13-7-6-11(14)9-12(13)10(2)16/h6-7,9-10,16H,4-5,8H2,1-3H3. The van der Waals surface area contributed by atoms with Crippen LogP contribution in [0.4, 0.5) is 5.69 Å². The molecule has 0 bridgehead atoms. The van der Waals surface area contributed by atoms with Gasteiger partial charge >= 0.3 is 0 Å². The molecule has 1 N–H and O–H groups in total. The zero-order valence-electron chi connectivity index (χ0n) is 10.2. The van der Waals surface area contributed by atoms with E-state index >= 15 is 0 Å². The van der Waals surface area contributed by atoms with Crippen molar-refractivity contribution < 1.29 is 5.11 Å². The third-order valence-electron chi connectivity index (χ3n) is 2.70. The highest BCUT2D eigenvalue weighted by molar-refractivity contribution is 9.10. The Labute approximate surface area is 106 Å². The molecular weight excluding hydrogens is 266 g/mol. The Hall–Kier alpha value is -0.540. The molecule has 1 unspecified atom stereocenters. The molecule has 0 aliphatic heterocycles. The van der Waals surface area contributed by atoms with Gasteiger partial charge in [-0.1, -0.05) is 29.3 Å². The number of aliphatic hydroxyl groups excluding tert-OH is 1. The molecule has 1 atom stereocenters. The van der Waals surface area contributed by atoms with Crippen molar-refractivity contribution in [3.63, 3.8) is 0 Å². The van der Waals surface area contributed by atoms with Gasteiger partial charge in [0.1, 0.15) is 0 Å². The van der Waals surface area contributed by atoms with E-state index in [1.165, 1.54) is 12.8 Å². The molecule has 0 amide bonds. The van der Waals surface area contributed by atoms with E-state index in [9.17, 15) is 5.11 Å². The normalized spacial score (nSPS) is 12.6. The summed E-state index contributed by atoms with van der Waals surface area (Å²) in [5, 5.41) is 9.76. The van der Waals surface area contributed by atoms with Crippen LogP contribution in [0.3, 0.4) is 0 Å². The van der Waals surface area contributed by atoms with Crippen LogP contribution in [-0.4, -0.2) is 18.7 Å². The summed E-state index contributed by atoms with van der Waals surface area (Å²) < 4.78 is 1.01. The van der Waals surface area contributed by atoms with Crippen molar-refractivity contribution in [2.45, 2.75) is 32.8 Å². The maximum atomic E-state index is 9.76. The highest BCUT2D eigenvalue weighted by atomic mass is 79.9. The van der Waals surface area contributed by atoms with Crippen molar-refractivity contribution in [2.24, 2.45) is 0 Å². The van der Waals surface area contributed by atoms with Crippen molar-refractivity contribution in [1.29, 1.82) is 0 Å². The minimum Gasteiger partial charge on any atom is -0.389 e. The van der Waals surface area contributed by atoms with Crippen LogP contribution in [0.15, 0.2) is 22.7 Å². The number of unbranched alkanes of at least 4 members (excludes halogenated alkanes) is 1. The molecule has 0 aliphatic carbocycles. The predicted octanol–water partition coefficient (Wildman–Crippen LogP) is 3.74. The first-order valence-electron chi connectivity index (χ1n) is 5.75. The zero-order valence-corrected chi connectivity index (χ0v) is 11.8. The lowest BCUT2D eigenvalue weighted by Crippen LogP contribution is -2.20. The zero-order chi connectivity index (χ0) is 12.1. The smallest absolute Gasteiger partial charge is 0.0782 e. The van der Waals surface area contributed by atoms with Crippen molar-refractivity contribution in [2.75, 3.05) is 18.5 Å². The number of rotatable bonds is 5. The molecule has 0 fully saturated rings. The summed E-state index contributed by atoms with van der Waals surface area (Å²) in [5.41, 5.74) is 2.10. The van der Waals surface area contributed by atoms with Gasteiger partial charge in [-0.25, -0.2) is 0 Å². The van der Waals surface area contributed by atoms with E-state index in [0.717, 1.165) is 22.3 Å². The molecule has 16 heavy (non-hydrogen) atoms. The monoisotopic (exact) mass is 285 g/mol. The van der Waals surface area contributed by atoms with Gasteiger partial charge in [-0.15, -0.1) is 0 Å². The van der Waals surface area contributed by atoms with Gasteiger partial charge in [0.15, 0.2) is 0 Å². The third kappa shape index (κ3) is 3.49. The quantitative estimate of drug-likeness (QED) is 0.891. The van der Waals surface area contributed by atoms with E-state index in [2.05, 4.69) is 40.9 Å². The number of anilines is 1. The largest absolute Gasteiger partial charge is 0.389 e. The summed E-state index contributed by atoms with van der Waals surface area (Å²) >= 11 is 3.44. The fourth-order valence-electron chi connectivity index (χ4n) is 1.72. The summed E-state index contributed by atoms with van der Waals surface area (Å²) in [7, 11) is 2.07. The minimum atomic E-state index is -0.434. The summed E-state index contributed by atoms with van der Waals surface area (Å²) in [6.07, 6.45) is 1.92. The van der Waals surface area contributed by atoms with Crippen LogP contribution in [0, 0.1) is 0 Å². The highest BCUT2D eigenvalue weighted by Crippen LogP contribution is 2.28. The summed E-state index contributed by atoms with van der Waals surface area (Å²) in [4.78, 5) is 2.21. The second-order valence-electron chi connectivity index (χ2n) is 4.15. The van der Waals surface area contributed by atoms with E-state index in [1.807, 2.05) is 12.1 Å². The molecule has 0 saturated carbocycles. The van der Waals surface area contributed by atoms with E-state index in [4.69, 9.17) is 0 Å². The van der Waals surface area contributed by atoms with E-state index in [-0.39, 0.29) is 0 Å². The minimum absolute atomic E-state index is 0.434. The van der Waals surface area contributed by atoms with Crippen LogP contribution >= 0.6 is 15.9 Å². The van der Waals surface area contributed by atoms with Gasteiger partial charge in [-0.2, -0.15) is 0 Å². The lowest BCUT2D eigenvalue weighted by Gasteiger charge is -2.23. The van der Waals surface area contributed by atoms with E-state index < -0.39 is 6.10 Å². The van der Waals surface area contributed by atoms with Crippen molar-refractivity contribution in [3.8, 4) is 0 Å². The van der Waals surface area contributed by atoms with Crippen molar-refractivity contribution in [1.82, 2.24) is 0 Å². The van der Waals surface area contributed by atoms with Crippen LogP contribution in [0.5, 0.6) is 0 Å². The molecule has 1 aromatic rings. The first kappa shape index (κ1) is 13.5. The first-order chi connectivity index (χ1) is 7.56. The van der Waals surface area contributed by atoms with Crippen LogP contribution in [0.25, 0.3) is 0 Å². The number of hydrogen-bond donors (Lipinski definition) is 1. The van der Waals surface area contributed by atoms with Crippen molar-refractivity contribution >= 4 is 21.6 Å². The van der Waals surface area contributed by atoms with Crippen LogP contribution in [0.2, 0.25) is 0 Å². The summed E-state index contributed by atoms with van der Waals surface area (Å²) in [6.45, 7) is 5.02. The number of aliphatic hydroxyl groups is 1. The molecule has 0 aliphatic rings. The van der Waals surface area contributed by atoms with E-state index in [0.29, 0.717) is 0 Å². The topological polar surface area (TPSA) is 23.5 Å². The highest BCUT2D eigenvalue weighted by Gasteiger charge is 2.11. The molecule has 0 heterocycles. The molecule has 0 radical (unpaired) electrons. The number of benzene rings is 1. The Morgan fingerprint density at radius 3 is 2.69 bits per heavy atom. The van der Waals surface area contributed by atoms with Gasteiger partial charge in [0.05, 0.1) is 6.10 Å². The fraction of sp³-hybridized carbons (Fsp3) is 0.538. The van der Waals surface area contributed by atoms with E-state index in [1.54, 1.807) is 6.92 Å². The lowest BCUT2D eigenvalue weighted by molar-refractivity contribution is 0.199. The Kier molecular flexibility index (Phi) is 5.29. The maximum Gasteiger partial charge on any atom is 0.0782 e. The lowest BCUT2D eigenvalue weighted by atomic mass is 10.1. The molecule has 1 aromatic carbocycles. The molecular formula is C13H20BrNO. The first-order valence-corrected chi connectivity index (χ1v) is 6.54. The molecule has 0 aromatic heterocycles. The second kappa shape index (κ2) is 6.26. The number of nitrogens with zero attached hydrogens (tertiary/aromatic N) is 1. The van der Waals surface area contributed by atoms with Crippen LogP contribution in [-0.2, 0) is 0 Å². The SMILES string of the molecule is CCCCN(C)c1ccc(Br)cc1C(C)O. The number of hydrogen-bond acceptors (Lipinski definition) is 2. The average molecular weight is 286 g/mol. The van der Waals surface area contributed by atoms with Gasteiger partial charge in [-0.3, -0.25) is 0 Å². The van der Waals surface area contributed by atoms with Crippen LogP contribution in [0.1, 0.15) is 38.4 Å². The predicted molar refractivity (Wildman–Crippen MR) is 73.0 cm³/mol. The van der Waals surface area contributed by atoms with Gasteiger partial charge < -0.3 is 10.0 Å². The maximum absolute atomic E-state index is 9.76. The van der Waals surface area contributed by atoms with Gasteiger partial charge in [-0.05, 0) is 31.5 Å². The third-order valence-corrected chi connectivity index (χ3v) is 3.19. The van der Waals surface area contributed by atoms with Gasteiger partial charge in [0.2, 0.25) is 0 Å². The Bertz CT molecular complexity index is 339.